The van der Waals surface area contributed by atoms with E-state index in [0.717, 1.165) is 13.0 Å². The summed E-state index contributed by atoms with van der Waals surface area (Å²) in [6, 6.07) is 0. The monoisotopic (exact) mass is 211 g/mol. The Morgan fingerprint density at radius 2 is 2.27 bits per heavy atom. The number of hydrogen-bond donors (Lipinski definition) is 1. The normalized spacial score (nSPS) is 21.1. The lowest BCUT2D eigenvalue weighted by Crippen LogP contribution is -2.26. The standard InChI is InChI=1S/C11H17NO3/c1-2-3-10(13)12-7-6-9(8-12)4-5-11(14)15/h2-3,9H,4-8H2,1H3,(H,14,15)/b3-2+. The number of carboxylic acids is 1. The van der Waals surface area contributed by atoms with Crippen LogP contribution in [0.1, 0.15) is 26.2 Å². The van der Waals surface area contributed by atoms with E-state index in [-0.39, 0.29) is 12.3 Å². The Kier molecular flexibility index (Phi) is 4.34. The molecule has 15 heavy (non-hydrogen) atoms. The molecule has 0 radical (unpaired) electrons. The predicted molar refractivity (Wildman–Crippen MR) is 56.4 cm³/mol. The van der Waals surface area contributed by atoms with E-state index >= 15 is 0 Å². The van der Waals surface area contributed by atoms with Crippen molar-refractivity contribution in [1.29, 1.82) is 0 Å². The fraction of sp³-hybridized carbons (Fsp3) is 0.636. The summed E-state index contributed by atoms with van der Waals surface area (Å²) < 4.78 is 0. The fourth-order valence-electron chi connectivity index (χ4n) is 1.84. The molecule has 84 valence electrons. The average Bonchev–Trinajstić information content (AvgIpc) is 2.63. The second kappa shape index (κ2) is 5.53. The fourth-order valence-corrected chi connectivity index (χ4v) is 1.84. The molecule has 1 amide bonds. The summed E-state index contributed by atoms with van der Waals surface area (Å²) in [5.41, 5.74) is 0. The van der Waals surface area contributed by atoms with Gasteiger partial charge in [-0.05, 0) is 31.8 Å². The largest absolute Gasteiger partial charge is 0.481 e. The van der Waals surface area contributed by atoms with Crippen LogP contribution in [0.25, 0.3) is 0 Å². The van der Waals surface area contributed by atoms with Crippen LogP contribution in [0.5, 0.6) is 0 Å². The lowest BCUT2D eigenvalue weighted by atomic mass is 10.0. The number of hydrogen-bond acceptors (Lipinski definition) is 2. The number of aliphatic carboxylic acids is 1. The third-order valence-electron chi connectivity index (χ3n) is 2.67. The van der Waals surface area contributed by atoms with Crippen LogP contribution in [0.4, 0.5) is 0 Å². The van der Waals surface area contributed by atoms with Gasteiger partial charge in [-0.3, -0.25) is 9.59 Å². The first-order valence-electron chi connectivity index (χ1n) is 5.27. The zero-order valence-electron chi connectivity index (χ0n) is 8.98. The highest BCUT2D eigenvalue weighted by Crippen LogP contribution is 2.21. The van der Waals surface area contributed by atoms with Gasteiger partial charge in [0.15, 0.2) is 0 Å². The van der Waals surface area contributed by atoms with Crippen molar-refractivity contribution in [3.8, 4) is 0 Å². The number of carbonyl (C=O) groups excluding carboxylic acids is 1. The molecule has 4 nitrogen and oxygen atoms in total. The molecule has 0 bridgehead atoms. The van der Waals surface area contributed by atoms with Crippen LogP contribution >= 0.6 is 0 Å². The summed E-state index contributed by atoms with van der Waals surface area (Å²) in [6.45, 7) is 3.28. The zero-order chi connectivity index (χ0) is 11.3. The first-order valence-corrected chi connectivity index (χ1v) is 5.27. The minimum Gasteiger partial charge on any atom is -0.481 e. The molecule has 0 saturated carbocycles. The molecule has 1 aliphatic rings. The van der Waals surface area contributed by atoms with Gasteiger partial charge < -0.3 is 10.0 Å². The Morgan fingerprint density at radius 1 is 1.53 bits per heavy atom. The highest BCUT2D eigenvalue weighted by molar-refractivity contribution is 5.87. The summed E-state index contributed by atoms with van der Waals surface area (Å²) in [5, 5.41) is 8.54. The van der Waals surface area contributed by atoms with Crippen molar-refractivity contribution in [2.45, 2.75) is 26.2 Å². The predicted octanol–water partition coefficient (Wildman–Crippen LogP) is 1.28. The molecule has 1 saturated heterocycles. The Hall–Kier alpha value is -1.32. The van der Waals surface area contributed by atoms with Gasteiger partial charge in [-0.15, -0.1) is 0 Å². The second-order valence-electron chi connectivity index (χ2n) is 3.87. The van der Waals surface area contributed by atoms with Gasteiger partial charge in [-0.2, -0.15) is 0 Å². The van der Waals surface area contributed by atoms with E-state index in [1.54, 1.807) is 17.1 Å². The SMILES string of the molecule is C/C=C/C(=O)N1CCC(CCC(=O)O)C1. The molecule has 1 unspecified atom stereocenters. The molecule has 1 fully saturated rings. The zero-order valence-corrected chi connectivity index (χ0v) is 8.98. The quantitative estimate of drug-likeness (QED) is 0.712. The summed E-state index contributed by atoms with van der Waals surface area (Å²) in [6.07, 6.45) is 5.09. The Morgan fingerprint density at radius 3 is 2.87 bits per heavy atom. The van der Waals surface area contributed by atoms with Gasteiger partial charge in [0.2, 0.25) is 5.91 Å². The van der Waals surface area contributed by atoms with E-state index in [2.05, 4.69) is 0 Å². The molecule has 1 N–H and O–H groups in total. The van der Waals surface area contributed by atoms with Crippen molar-refractivity contribution in [1.82, 2.24) is 4.90 Å². The van der Waals surface area contributed by atoms with Crippen LogP contribution in [-0.2, 0) is 9.59 Å². The molecular formula is C11H17NO3. The van der Waals surface area contributed by atoms with Gasteiger partial charge in [0.1, 0.15) is 0 Å². The number of carbonyl (C=O) groups is 2. The smallest absolute Gasteiger partial charge is 0.303 e. The van der Waals surface area contributed by atoms with E-state index in [1.165, 1.54) is 0 Å². The van der Waals surface area contributed by atoms with Gasteiger partial charge in [0, 0.05) is 19.5 Å². The molecule has 0 spiro atoms. The van der Waals surface area contributed by atoms with E-state index < -0.39 is 5.97 Å². The number of allylic oxidation sites excluding steroid dienone is 1. The maximum atomic E-state index is 11.5. The molecule has 1 atom stereocenters. The van der Waals surface area contributed by atoms with Crippen molar-refractivity contribution < 1.29 is 14.7 Å². The van der Waals surface area contributed by atoms with Crippen LogP contribution in [0.2, 0.25) is 0 Å². The molecule has 1 rings (SSSR count). The van der Waals surface area contributed by atoms with Gasteiger partial charge in [0.25, 0.3) is 0 Å². The van der Waals surface area contributed by atoms with Gasteiger partial charge in [-0.25, -0.2) is 0 Å². The minimum atomic E-state index is -0.756. The number of likely N-dealkylation sites (tertiary alicyclic amines) is 1. The Bertz CT molecular complexity index is 273. The topological polar surface area (TPSA) is 57.6 Å². The second-order valence-corrected chi connectivity index (χ2v) is 3.87. The maximum absolute atomic E-state index is 11.5. The molecule has 0 aromatic heterocycles. The lowest BCUT2D eigenvalue weighted by molar-refractivity contribution is -0.137. The summed E-state index contributed by atoms with van der Waals surface area (Å²) in [5.74, 6) is -0.362. The van der Waals surface area contributed by atoms with Crippen molar-refractivity contribution in [2.24, 2.45) is 5.92 Å². The number of rotatable bonds is 4. The minimum absolute atomic E-state index is 0.0373. The van der Waals surface area contributed by atoms with E-state index in [9.17, 15) is 9.59 Å². The number of nitrogens with zero attached hydrogens (tertiary/aromatic N) is 1. The first-order chi connectivity index (χ1) is 7.13. The third kappa shape index (κ3) is 3.73. The number of amides is 1. The highest BCUT2D eigenvalue weighted by atomic mass is 16.4. The van der Waals surface area contributed by atoms with Gasteiger partial charge in [0.05, 0.1) is 0 Å². The van der Waals surface area contributed by atoms with Crippen LogP contribution in [0, 0.1) is 5.92 Å². The van der Waals surface area contributed by atoms with Crippen LogP contribution < -0.4 is 0 Å². The Labute approximate surface area is 89.6 Å². The van der Waals surface area contributed by atoms with Gasteiger partial charge >= 0.3 is 5.97 Å². The third-order valence-corrected chi connectivity index (χ3v) is 2.67. The van der Waals surface area contributed by atoms with E-state index in [0.29, 0.717) is 18.9 Å². The molecule has 1 aliphatic heterocycles. The van der Waals surface area contributed by atoms with Crippen LogP contribution in [0.3, 0.4) is 0 Å². The molecule has 1 heterocycles. The molecule has 4 heteroatoms. The summed E-state index contributed by atoms with van der Waals surface area (Å²) >= 11 is 0. The maximum Gasteiger partial charge on any atom is 0.303 e. The molecular weight excluding hydrogens is 194 g/mol. The molecule has 0 aromatic rings. The molecule has 0 aliphatic carbocycles. The lowest BCUT2D eigenvalue weighted by Gasteiger charge is -2.13. The van der Waals surface area contributed by atoms with Crippen LogP contribution in [-0.4, -0.2) is 35.0 Å². The molecule has 0 aromatic carbocycles. The number of carboxylic acid groups (broad SMARTS) is 1. The van der Waals surface area contributed by atoms with Crippen LogP contribution in [0.15, 0.2) is 12.2 Å². The van der Waals surface area contributed by atoms with E-state index in [4.69, 9.17) is 5.11 Å². The van der Waals surface area contributed by atoms with Crippen molar-refractivity contribution in [2.75, 3.05) is 13.1 Å². The van der Waals surface area contributed by atoms with E-state index in [1.807, 2.05) is 6.92 Å². The van der Waals surface area contributed by atoms with Crippen molar-refractivity contribution in [3.63, 3.8) is 0 Å². The van der Waals surface area contributed by atoms with Crippen molar-refractivity contribution in [3.05, 3.63) is 12.2 Å². The average molecular weight is 211 g/mol. The summed E-state index contributed by atoms with van der Waals surface area (Å²) in [4.78, 5) is 23.6. The Balaban J connectivity index is 2.32. The highest BCUT2D eigenvalue weighted by Gasteiger charge is 2.24. The van der Waals surface area contributed by atoms with Gasteiger partial charge in [-0.1, -0.05) is 6.08 Å². The first kappa shape index (κ1) is 11.8. The van der Waals surface area contributed by atoms with Crippen molar-refractivity contribution >= 4 is 11.9 Å². The summed E-state index contributed by atoms with van der Waals surface area (Å²) in [7, 11) is 0.